The van der Waals surface area contributed by atoms with Crippen molar-refractivity contribution < 1.29 is 4.52 Å². The zero-order valence-electron chi connectivity index (χ0n) is 12.1. The van der Waals surface area contributed by atoms with E-state index in [2.05, 4.69) is 10.1 Å². The van der Waals surface area contributed by atoms with E-state index in [4.69, 9.17) is 10.3 Å². The Bertz CT molecular complexity index is 404. The van der Waals surface area contributed by atoms with Crippen molar-refractivity contribution in [1.29, 1.82) is 0 Å². The minimum atomic E-state index is 0. The van der Waals surface area contributed by atoms with E-state index in [9.17, 15) is 0 Å². The maximum absolute atomic E-state index is 6.19. The van der Waals surface area contributed by atoms with Gasteiger partial charge in [0.25, 0.3) is 0 Å². The molecule has 114 valence electrons. The summed E-state index contributed by atoms with van der Waals surface area (Å²) < 4.78 is 5.45. The average molecular weight is 300 g/mol. The van der Waals surface area contributed by atoms with Crippen molar-refractivity contribution in [1.82, 2.24) is 10.1 Å². The van der Waals surface area contributed by atoms with Crippen LogP contribution in [0.3, 0.4) is 0 Å². The van der Waals surface area contributed by atoms with Crippen molar-refractivity contribution >= 4 is 12.4 Å². The number of nitrogens with two attached hydrogens (primary N) is 1. The second kappa shape index (κ2) is 7.41. The number of halogens is 1. The van der Waals surface area contributed by atoms with Crippen molar-refractivity contribution in [2.45, 2.75) is 76.2 Å². The van der Waals surface area contributed by atoms with Gasteiger partial charge in [-0.05, 0) is 31.6 Å². The SMILES string of the molecule is Cl.NC1CCCCC1Cc1nc(C2CCCCC2)no1. The van der Waals surface area contributed by atoms with Gasteiger partial charge in [-0.25, -0.2) is 0 Å². The molecule has 2 aliphatic rings. The van der Waals surface area contributed by atoms with Crippen molar-refractivity contribution in [3.63, 3.8) is 0 Å². The van der Waals surface area contributed by atoms with E-state index in [1.54, 1.807) is 0 Å². The minimum Gasteiger partial charge on any atom is -0.339 e. The summed E-state index contributed by atoms with van der Waals surface area (Å²) in [5.41, 5.74) is 6.19. The topological polar surface area (TPSA) is 64.9 Å². The second-order valence-corrected chi connectivity index (χ2v) is 6.29. The molecule has 0 aliphatic heterocycles. The Morgan fingerprint density at radius 2 is 1.70 bits per heavy atom. The number of aromatic nitrogens is 2. The highest BCUT2D eigenvalue weighted by atomic mass is 35.5. The molecule has 0 bridgehead atoms. The molecule has 0 spiro atoms. The maximum atomic E-state index is 6.19. The van der Waals surface area contributed by atoms with Crippen LogP contribution in [0.1, 0.15) is 75.4 Å². The maximum Gasteiger partial charge on any atom is 0.226 e. The monoisotopic (exact) mass is 299 g/mol. The van der Waals surface area contributed by atoms with Crippen LogP contribution in [0.5, 0.6) is 0 Å². The fourth-order valence-electron chi connectivity index (χ4n) is 3.59. The number of rotatable bonds is 3. The Hall–Kier alpha value is -0.610. The Kier molecular flexibility index (Phi) is 5.85. The molecule has 0 radical (unpaired) electrons. The molecule has 0 aromatic carbocycles. The van der Waals surface area contributed by atoms with Crippen molar-refractivity contribution in [3.05, 3.63) is 11.7 Å². The highest BCUT2D eigenvalue weighted by Gasteiger charge is 2.26. The van der Waals surface area contributed by atoms with E-state index < -0.39 is 0 Å². The molecule has 1 heterocycles. The molecule has 0 amide bonds. The first kappa shape index (κ1) is 15.8. The first-order valence-corrected chi connectivity index (χ1v) is 7.91. The standard InChI is InChI=1S/C15H25N3O.ClH/c16-13-9-5-4-8-12(13)10-14-17-15(18-19-14)11-6-2-1-3-7-11;/h11-13H,1-10,16H2;1H. The minimum absolute atomic E-state index is 0. The van der Waals surface area contributed by atoms with Crippen molar-refractivity contribution in [3.8, 4) is 0 Å². The third-order valence-electron chi connectivity index (χ3n) is 4.86. The van der Waals surface area contributed by atoms with E-state index in [1.165, 1.54) is 51.4 Å². The Morgan fingerprint density at radius 1 is 1.00 bits per heavy atom. The second-order valence-electron chi connectivity index (χ2n) is 6.29. The lowest BCUT2D eigenvalue weighted by Gasteiger charge is -2.27. The van der Waals surface area contributed by atoms with E-state index >= 15 is 0 Å². The van der Waals surface area contributed by atoms with Gasteiger partial charge in [-0.2, -0.15) is 4.98 Å². The van der Waals surface area contributed by atoms with Gasteiger partial charge in [-0.1, -0.05) is 37.3 Å². The smallest absolute Gasteiger partial charge is 0.226 e. The van der Waals surface area contributed by atoms with E-state index in [1.807, 2.05) is 0 Å². The molecule has 4 nitrogen and oxygen atoms in total. The zero-order valence-corrected chi connectivity index (χ0v) is 12.9. The first-order chi connectivity index (χ1) is 9.33. The highest BCUT2D eigenvalue weighted by Crippen LogP contribution is 2.31. The summed E-state index contributed by atoms with van der Waals surface area (Å²) in [4.78, 5) is 4.63. The van der Waals surface area contributed by atoms with Crippen LogP contribution in [0.25, 0.3) is 0 Å². The molecule has 1 aromatic heterocycles. The van der Waals surface area contributed by atoms with E-state index in [0.717, 1.165) is 24.6 Å². The molecular weight excluding hydrogens is 274 g/mol. The average Bonchev–Trinajstić information content (AvgIpc) is 2.91. The number of hydrogen-bond acceptors (Lipinski definition) is 4. The number of nitrogens with zero attached hydrogens (tertiary/aromatic N) is 2. The van der Waals surface area contributed by atoms with Gasteiger partial charge < -0.3 is 10.3 Å². The molecule has 20 heavy (non-hydrogen) atoms. The molecule has 3 rings (SSSR count). The van der Waals surface area contributed by atoms with Gasteiger partial charge in [0.15, 0.2) is 5.82 Å². The highest BCUT2D eigenvalue weighted by molar-refractivity contribution is 5.85. The van der Waals surface area contributed by atoms with E-state index in [0.29, 0.717) is 17.9 Å². The van der Waals surface area contributed by atoms with Crippen LogP contribution >= 0.6 is 12.4 Å². The fraction of sp³-hybridized carbons (Fsp3) is 0.867. The lowest BCUT2D eigenvalue weighted by molar-refractivity contribution is 0.272. The fourth-order valence-corrected chi connectivity index (χ4v) is 3.59. The van der Waals surface area contributed by atoms with Crippen LogP contribution in [-0.4, -0.2) is 16.2 Å². The van der Waals surface area contributed by atoms with Crippen molar-refractivity contribution in [2.75, 3.05) is 0 Å². The van der Waals surface area contributed by atoms with Crippen LogP contribution in [0.15, 0.2) is 4.52 Å². The Balaban J connectivity index is 0.00000147. The molecule has 2 saturated carbocycles. The van der Waals surface area contributed by atoms with Crippen LogP contribution in [-0.2, 0) is 6.42 Å². The summed E-state index contributed by atoms with van der Waals surface area (Å²) in [5, 5.41) is 4.20. The molecule has 2 aliphatic carbocycles. The van der Waals surface area contributed by atoms with Crippen LogP contribution in [0.2, 0.25) is 0 Å². The summed E-state index contributed by atoms with van der Waals surface area (Å²) in [6, 6.07) is 0.318. The van der Waals surface area contributed by atoms with Gasteiger partial charge in [0.05, 0.1) is 0 Å². The molecule has 2 N–H and O–H groups in total. The third kappa shape index (κ3) is 3.73. The zero-order chi connectivity index (χ0) is 13.1. The molecule has 2 fully saturated rings. The Labute approximate surface area is 127 Å². The molecule has 2 atom stereocenters. The van der Waals surface area contributed by atoms with Gasteiger partial charge in [0.2, 0.25) is 5.89 Å². The summed E-state index contributed by atoms with van der Waals surface area (Å²) in [6.07, 6.45) is 12.2. The summed E-state index contributed by atoms with van der Waals surface area (Å²) in [5.74, 6) is 2.82. The van der Waals surface area contributed by atoms with Gasteiger partial charge >= 0.3 is 0 Å². The Morgan fingerprint density at radius 3 is 2.45 bits per heavy atom. The summed E-state index contributed by atoms with van der Waals surface area (Å²) in [7, 11) is 0. The summed E-state index contributed by atoms with van der Waals surface area (Å²) in [6.45, 7) is 0. The van der Waals surface area contributed by atoms with Gasteiger partial charge in [-0.15, -0.1) is 12.4 Å². The quantitative estimate of drug-likeness (QED) is 0.926. The third-order valence-corrected chi connectivity index (χ3v) is 4.86. The van der Waals surface area contributed by atoms with Gasteiger partial charge in [-0.3, -0.25) is 0 Å². The molecule has 5 heteroatoms. The lowest BCUT2D eigenvalue weighted by atomic mass is 9.83. The predicted octanol–water partition coefficient (Wildman–Crippen LogP) is 3.60. The lowest BCUT2D eigenvalue weighted by Crippen LogP contribution is -2.34. The predicted molar refractivity (Wildman–Crippen MR) is 81.0 cm³/mol. The van der Waals surface area contributed by atoms with Crippen molar-refractivity contribution in [2.24, 2.45) is 11.7 Å². The normalized spacial score (nSPS) is 28.1. The van der Waals surface area contributed by atoms with Crippen LogP contribution in [0.4, 0.5) is 0 Å². The largest absolute Gasteiger partial charge is 0.339 e. The summed E-state index contributed by atoms with van der Waals surface area (Å²) >= 11 is 0. The molecule has 1 aromatic rings. The first-order valence-electron chi connectivity index (χ1n) is 7.91. The van der Waals surface area contributed by atoms with Crippen LogP contribution in [0, 0.1) is 5.92 Å². The van der Waals surface area contributed by atoms with E-state index in [-0.39, 0.29) is 12.4 Å². The number of hydrogen-bond donors (Lipinski definition) is 1. The molecule has 2 unspecified atom stereocenters. The molecule has 0 saturated heterocycles. The van der Waals surface area contributed by atoms with Crippen LogP contribution < -0.4 is 5.73 Å². The van der Waals surface area contributed by atoms with Gasteiger partial charge in [0, 0.05) is 18.4 Å². The molecular formula is C15H26ClN3O. The van der Waals surface area contributed by atoms with Gasteiger partial charge in [0.1, 0.15) is 0 Å².